The van der Waals surface area contributed by atoms with Crippen molar-refractivity contribution in [2.75, 3.05) is 19.0 Å². The van der Waals surface area contributed by atoms with Gasteiger partial charge in [0.05, 0.1) is 7.11 Å². The molecule has 0 atom stereocenters. The van der Waals surface area contributed by atoms with Crippen LogP contribution in [0.25, 0.3) is 0 Å². The van der Waals surface area contributed by atoms with Crippen LogP contribution in [0.2, 0.25) is 0 Å². The van der Waals surface area contributed by atoms with Crippen LogP contribution in [0.3, 0.4) is 0 Å². The zero-order valence-electron chi connectivity index (χ0n) is 11.3. The summed E-state index contributed by atoms with van der Waals surface area (Å²) in [6.07, 6.45) is 3.69. The summed E-state index contributed by atoms with van der Waals surface area (Å²) in [5.41, 5.74) is 0.893. The monoisotopic (exact) mass is 287 g/mol. The smallest absolute Gasteiger partial charge is 0.341 e. The highest BCUT2D eigenvalue weighted by Crippen LogP contribution is 2.23. The fourth-order valence-electron chi connectivity index (χ4n) is 1.82. The predicted molar refractivity (Wildman–Crippen MR) is 75.2 cm³/mol. The number of hydrogen-bond acceptors (Lipinski definition) is 6. The van der Waals surface area contributed by atoms with Gasteiger partial charge in [-0.1, -0.05) is 0 Å². The lowest BCUT2D eigenvalue weighted by molar-refractivity contribution is -0.114. The number of benzene rings is 1. The van der Waals surface area contributed by atoms with E-state index >= 15 is 0 Å². The molecule has 1 aliphatic rings. The quantitative estimate of drug-likeness (QED) is 0.639. The molecule has 0 saturated carbocycles. The Hall–Kier alpha value is -2.89. The van der Waals surface area contributed by atoms with Crippen LogP contribution in [0.5, 0.6) is 5.75 Å². The average Bonchev–Trinajstić information content (AvgIpc) is 2.47. The van der Waals surface area contributed by atoms with Gasteiger partial charge in [-0.15, -0.1) is 0 Å². The maximum absolute atomic E-state index is 11.6. The van der Waals surface area contributed by atoms with E-state index in [1.807, 2.05) is 0 Å². The lowest BCUT2D eigenvalue weighted by Crippen LogP contribution is -2.15. The molecule has 0 bridgehead atoms. The Balaban J connectivity index is 2.08. The molecule has 0 amide bonds. The number of carbonyl (C=O) groups is 3. The second-order valence-corrected chi connectivity index (χ2v) is 4.35. The van der Waals surface area contributed by atoms with E-state index in [1.54, 1.807) is 6.07 Å². The fraction of sp³-hybridized carbons (Fsp3) is 0.133. The zero-order chi connectivity index (χ0) is 15.4. The van der Waals surface area contributed by atoms with Crippen molar-refractivity contribution in [2.24, 2.45) is 0 Å². The number of rotatable bonds is 4. The molecule has 2 N–H and O–H groups in total. The summed E-state index contributed by atoms with van der Waals surface area (Å²) in [6.45, 7) is 0.145. The van der Waals surface area contributed by atoms with Crippen LogP contribution in [-0.2, 0) is 14.3 Å². The van der Waals surface area contributed by atoms with Gasteiger partial charge in [0.2, 0.25) is 0 Å². The molecule has 0 radical (unpaired) electrons. The maximum atomic E-state index is 11.6. The van der Waals surface area contributed by atoms with Crippen LogP contribution in [-0.4, -0.2) is 36.3 Å². The minimum Gasteiger partial charge on any atom is -0.507 e. The number of hydrogen-bond donors (Lipinski definition) is 2. The van der Waals surface area contributed by atoms with Crippen LogP contribution in [0.4, 0.5) is 5.69 Å². The molecular weight excluding hydrogens is 274 g/mol. The van der Waals surface area contributed by atoms with Crippen molar-refractivity contribution in [3.63, 3.8) is 0 Å². The van der Waals surface area contributed by atoms with Gasteiger partial charge < -0.3 is 15.2 Å². The van der Waals surface area contributed by atoms with Crippen molar-refractivity contribution in [2.45, 2.75) is 0 Å². The number of methoxy groups -OCH3 is 1. The number of anilines is 1. The third kappa shape index (κ3) is 3.36. The molecule has 108 valence electrons. The Morgan fingerprint density at radius 3 is 2.71 bits per heavy atom. The fourth-order valence-corrected chi connectivity index (χ4v) is 1.82. The second-order valence-electron chi connectivity index (χ2n) is 4.35. The highest BCUT2D eigenvalue weighted by atomic mass is 16.5. The van der Waals surface area contributed by atoms with E-state index in [0.717, 1.165) is 0 Å². The number of aromatic hydroxyl groups is 1. The van der Waals surface area contributed by atoms with Crippen LogP contribution in [0.1, 0.15) is 10.4 Å². The number of phenolic OH excluding ortho intramolecular Hbond substituents is 1. The van der Waals surface area contributed by atoms with Gasteiger partial charge in [-0.25, -0.2) is 4.79 Å². The molecule has 2 rings (SSSR count). The first-order valence-corrected chi connectivity index (χ1v) is 6.13. The second kappa shape index (κ2) is 6.04. The highest BCUT2D eigenvalue weighted by molar-refractivity contribution is 6.17. The largest absolute Gasteiger partial charge is 0.507 e. The number of carbonyl (C=O) groups excluding carboxylic acids is 3. The summed E-state index contributed by atoms with van der Waals surface area (Å²) < 4.78 is 4.52. The molecule has 21 heavy (non-hydrogen) atoms. The Labute approximate surface area is 120 Å². The number of phenols is 1. The number of esters is 1. The number of allylic oxidation sites excluding steroid dienone is 3. The van der Waals surface area contributed by atoms with Crippen LogP contribution < -0.4 is 5.32 Å². The molecule has 1 aromatic carbocycles. The van der Waals surface area contributed by atoms with E-state index in [2.05, 4.69) is 10.1 Å². The molecule has 1 aliphatic carbocycles. The summed E-state index contributed by atoms with van der Waals surface area (Å²) in [7, 11) is 1.22. The van der Waals surface area contributed by atoms with Gasteiger partial charge in [0.15, 0.2) is 11.6 Å². The summed E-state index contributed by atoms with van der Waals surface area (Å²) in [5.74, 6) is -1.35. The van der Waals surface area contributed by atoms with E-state index < -0.39 is 5.97 Å². The summed E-state index contributed by atoms with van der Waals surface area (Å²) >= 11 is 0. The Morgan fingerprint density at radius 2 is 2.05 bits per heavy atom. The van der Waals surface area contributed by atoms with E-state index in [0.29, 0.717) is 11.3 Å². The first-order valence-electron chi connectivity index (χ1n) is 6.13. The van der Waals surface area contributed by atoms with Gasteiger partial charge in [0.1, 0.15) is 11.3 Å². The molecule has 1 aromatic rings. The predicted octanol–water partition coefficient (Wildman–Crippen LogP) is 1.23. The Morgan fingerprint density at radius 1 is 1.29 bits per heavy atom. The van der Waals surface area contributed by atoms with Gasteiger partial charge in [-0.05, 0) is 30.4 Å². The van der Waals surface area contributed by atoms with Crippen molar-refractivity contribution < 1.29 is 24.2 Å². The first kappa shape index (κ1) is 14.5. The molecule has 0 spiro atoms. The molecule has 0 aliphatic heterocycles. The topological polar surface area (TPSA) is 92.7 Å². The normalized spacial score (nSPS) is 13.9. The SMILES string of the molecule is COC(=O)c1ccc(NCC2=CC(=O)C=CC2=O)cc1O. The minimum absolute atomic E-state index is 0.0501. The van der Waals surface area contributed by atoms with Crippen molar-refractivity contribution >= 4 is 23.2 Å². The zero-order valence-corrected chi connectivity index (χ0v) is 11.3. The Kier molecular flexibility index (Phi) is 4.18. The number of nitrogens with one attached hydrogen (secondary N) is 1. The van der Waals surface area contributed by atoms with Crippen molar-refractivity contribution in [3.05, 3.63) is 47.6 Å². The minimum atomic E-state index is -0.639. The lowest BCUT2D eigenvalue weighted by atomic mass is 10.0. The third-order valence-corrected chi connectivity index (χ3v) is 2.92. The third-order valence-electron chi connectivity index (χ3n) is 2.92. The van der Waals surface area contributed by atoms with E-state index in [1.165, 1.54) is 37.5 Å². The van der Waals surface area contributed by atoms with Crippen LogP contribution >= 0.6 is 0 Å². The number of ketones is 2. The lowest BCUT2D eigenvalue weighted by Gasteiger charge is -2.11. The van der Waals surface area contributed by atoms with Crippen molar-refractivity contribution in [3.8, 4) is 5.75 Å². The molecule has 0 heterocycles. The van der Waals surface area contributed by atoms with Gasteiger partial charge in [-0.2, -0.15) is 0 Å². The molecule has 0 unspecified atom stereocenters. The van der Waals surface area contributed by atoms with Gasteiger partial charge in [0, 0.05) is 23.9 Å². The van der Waals surface area contributed by atoms with Gasteiger partial charge in [0.25, 0.3) is 0 Å². The van der Waals surface area contributed by atoms with Crippen LogP contribution in [0, 0.1) is 0 Å². The molecule has 0 saturated heterocycles. The highest BCUT2D eigenvalue weighted by Gasteiger charge is 2.14. The Bertz CT molecular complexity index is 673. The molecular formula is C15H13NO5. The first-order chi connectivity index (χ1) is 10.0. The molecule has 6 heteroatoms. The molecule has 6 nitrogen and oxygen atoms in total. The summed E-state index contributed by atoms with van der Waals surface area (Å²) in [6, 6.07) is 4.32. The molecule has 0 fully saturated rings. The standard InChI is InChI=1S/C15H13NO5/c1-21-15(20)12-4-2-10(7-14(12)19)16-8-9-6-11(17)3-5-13(9)18/h2-7,16,19H,8H2,1H3. The molecule has 0 aromatic heterocycles. The summed E-state index contributed by atoms with van der Waals surface area (Å²) in [4.78, 5) is 34.1. The van der Waals surface area contributed by atoms with Crippen LogP contribution in [0.15, 0.2) is 42.0 Å². The maximum Gasteiger partial charge on any atom is 0.341 e. The van der Waals surface area contributed by atoms with E-state index in [9.17, 15) is 19.5 Å². The summed E-state index contributed by atoms with van der Waals surface area (Å²) in [5, 5.41) is 12.6. The van der Waals surface area contributed by atoms with E-state index in [4.69, 9.17) is 0 Å². The van der Waals surface area contributed by atoms with Gasteiger partial charge >= 0.3 is 5.97 Å². The van der Waals surface area contributed by atoms with Crippen molar-refractivity contribution in [1.29, 1.82) is 0 Å². The van der Waals surface area contributed by atoms with Crippen molar-refractivity contribution in [1.82, 2.24) is 0 Å². The van der Waals surface area contributed by atoms with E-state index in [-0.39, 0.29) is 29.4 Å². The number of ether oxygens (including phenoxy) is 1. The van der Waals surface area contributed by atoms with Gasteiger partial charge in [-0.3, -0.25) is 9.59 Å². The average molecular weight is 287 g/mol.